The molecule has 1 fully saturated rings. The van der Waals surface area contributed by atoms with E-state index in [-0.39, 0.29) is 6.61 Å². The van der Waals surface area contributed by atoms with Crippen molar-refractivity contribution in [3.63, 3.8) is 0 Å². The van der Waals surface area contributed by atoms with E-state index in [0.717, 1.165) is 4.90 Å². The van der Waals surface area contributed by atoms with Gasteiger partial charge in [0.05, 0.1) is 12.6 Å². The molecule has 0 aromatic heterocycles. The zero-order chi connectivity index (χ0) is 15.4. The summed E-state index contributed by atoms with van der Waals surface area (Å²) in [4.78, 5) is 0.935. The van der Waals surface area contributed by atoms with Crippen LogP contribution in [-0.4, -0.2) is 58.0 Å². The smallest absolute Gasteiger partial charge is 0.126 e. The SMILES string of the molecule is [3H]N(CP)C1[C@@H](O)[C@@H](O)C(CO)O[C@H]1Sc1ccccc1. The van der Waals surface area contributed by atoms with Crippen molar-refractivity contribution in [3.8, 4) is 0 Å². The summed E-state index contributed by atoms with van der Waals surface area (Å²) in [6.07, 6.45) is -2.91. The van der Waals surface area contributed by atoms with Crippen molar-refractivity contribution < 1.29 is 21.5 Å². The number of hydrogen-bond acceptors (Lipinski definition) is 6. The van der Waals surface area contributed by atoms with E-state index in [1.165, 1.54) is 17.1 Å². The highest BCUT2D eigenvalue weighted by Gasteiger charge is 2.44. The van der Waals surface area contributed by atoms with Crippen LogP contribution in [0.15, 0.2) is 35.2 Å². The highest BCUT2D eigenvalue weighted by Crippen LogP contribution is 2.33. The van der Waals surface area contributed by atoms with E-state index >= 15 is 0 Å². The lowest BCUT2D eigenvalue weighted by molar-refractivity contribution is -0.170. The summed E-state index contributed by atoms with van der Waals surface area (Å²) in [5, 5.41) is 30.7. The minimum atomic E-state index is -1.21. The Hall–Kier alpha value is -0.200. The van der Waals surface area contributed by atoms with Crippen molar-refractivity contribution in [3.05, 3.63) is 30.3 Å². The average Bonchev–Trinajstić information content (AvgIpc) is 2.51. The fraction of sp³-hybridized carbons (Fsp3) is 0.538. The number of nitrogens with one attached hydrogen (secondary N) is 1. The zero-order valence-electron chi connectivity index (χ0n) is 11.9. The van der Waals surface area contributed by atoms with Gasteiger partial charge < -0.3 is 25.4 Å². The standard InChI is InChI=1S/C13H20NO4PS/c15-6-9-11(16)12(17)10(14-7-19)13(18-9)20-8-4-2-1-3-5-8/h1-5,9-17H,6-7,19H2/t9?,10?,11-,12+,13-/m0/s1/i/hT. The summed E-state index contributed by atoms with van der Waals surface area (Å²) in [5.41, 5.74) is -0.555. The monoisotopic (exact) mass is 319 g/mol. The number of benzene rings is 1. The summed E-state index contributed by atoms with van der Waals surface area (Å²) in [6.45, 7) is -0.379. The lowest BCUT2D eigenvalue weighted by Crippen LogP contribution is -2.62. The lowest BCUT2D eigenvalue weighted by atomic mass is 9.98. The Balaban J connectivity index is 2.20. The molecule has 20 heavy (non-hydrogen) atoms. The van der Waals surface area contributed by atoms with Gasteiger partial charge in [-0.3, -0.25) is 0 Å². The second-order valence-corrected chi connectivity index (χ2v) is 6.03. The molecule has 6 atom stereocenters. The van der Waals surface area contributed by atoms with Gasteiger partial charge >= 0.3 is 0 Å². The molecule has 112 valence electrons. The van der Waals surface area contributed by atoms with Crippen LogP contribution >= 0.6 is 21.0 Å². The van der Waals surface area contributed by atoms with Gasteiger partial charge in [0, 0.05) is 11.2 Å². The molecule has 2 rings (SSSR count). The van der Waals surface area contributed by atoms with E-state index in [4.69, 9.17) is 6.15 Å². The van der Waals surface area contributed by atoms with Crippen LogP contribution in [0.5, 0.6) is 0 Å². The minimum absolute atomic E-state index is 0.313. The molecule has 0 saturated carbocycles. The van der Waals surface area contributed by atoms with Gasteiger partial charge in [-0.1, -0.05) is 30.0 Å². The summed E-state index contributed by atoms with van der Waals surface area (Å²) in [5.74, 6) is 0. The van der Waals surface area contributed by atoms with Gasteiger partial charge in [-0.25, -0.2) is 0 Å². The molecule has 5 nitrogen and oxygen atoms in total. The van der Waals surface area contributed by atoms with Crippen LogP contribution < -0.4 is 5.31 Å². The number of hydrogen-bond donors (Lipinski definition) is 4. The van der Waals surface area contributed by atoms with Gasteiger partial charge in [0.2, 0.25) is 0 Å². The predicted octanol–water partition coefficient (Wildman–Crippen LogP) is 0.00850. The van der Waals surface area contributed by atoms with Gasteiger partial charge in [-0.2, -0.15) is 0 Å². The van der Waals surface area contributed by atoms with Crippen LogP contribution in [0.3, 0.4) is 0 Å². The van der Waals surface area contributed by atoms with Crippen LogP contribution in [0.2, 0.25) is 1.41 Å². The van der Waals surface area contributed by atoms with Crippen molar-refractivity contribution in [2.45, 2.75) is 34.7 Å². The van der Waals surface area contributed by atoms with Crippen molar-refractivity contribution >= 4 is 21.0 Å². The zero-order valence-corrected chi connectivity index (χ0v) is 12.8. The molecular formula is C13H20NO4PS. The molecule has 1 heterocycles. The van der Waals surface area contributed by atoms with Gasteiger partial charge in [0.25, 0.3) is 0 Å². The molecule has 0 aliphatic carbocycles. The highest BCUT2D eigenvalue weighted by atomic mass is 32.2. The molecule has 4 N–H and O–H groups in total. The van der Waals surface area contributed by atoms with Crippen LogP contribution in [0.25, 0.3) is 0 Å². The summed E-state index contributed by atoms with van der Waals surface area (Å²) in [7, 11) is 2.41. The first kappa shape index (κ1) is 14.7. The van der Waals surface area contributed by atoms with Crippen LogP contribution in [0, 0.1) is 0 Å². The van der Waals surface area contributed by atoms with E-state index in [1.54, 1.807) is 0 Å². The highest BCUT2D eigenvalue weighted by molar-refractivity contribution is 7.99. The largest absolute Gasteiger partial charge is 0.394 e. The Kier molecular flexibility index (Phi) is 5.67. The van der Waals surface area contributed by atoms with Crippen molar-refractivity contribution in [1.29, 1.82) is 0 Å². The van der Waals surface area contributed by atoms with Crippen molar-refractivity contribution in [1.82, 2.24) is 5.31 Å². The van der Waals surface area contributed by atoms with Crippen molar-refractivity contribution in [2.75, 3.05) is 12.9 Å². The molecule has 1 aliphatic heterocycles. The van der Waals surface area contributed by atoms with Gasteiger partial charge in [-0.05, 0) is 12.1 Å². The first-order valence-electron chi connectivity index (χ1n) is 6.83. The molecule has 0 spiro atoms. The lowest BCUT2D eigenvalue weighted by Gasteiger charge is -2.42. The third kappa shape index (κ3) is 3.71. The average molecular weight is 319 g/mol. The maximum absolute atomic E-state index is 10.3. The second kappa shape index (κ2) is 7.71. The number of aliphatic hydroxyl groups excluding tert-OH is 3. The fourth-order valence-corrected chi connectivity index (χ4v) is 3.52. The number of rotatable bonds is 5. The third-order valence-electron chi connectivity index (χ3n) is 3.16. The molecule has 3 unspecified atom stereocenters. The minimum Gasteiger partial charge on any atom is -0.394 e. The Labute approximate surface area is 126 Å². The van der Waals surface area contributed by atoms with Gasteiger partial charge in [0.15, 0.2) is 0 Å². The van der Waals surface area contributed by atoms with Gasteiger partial charge in [0.1, 0.15) is 25.2 Å². The van der Waals surface area contributed by atoms with Crippen LogP contribution in [0.1, 0.15) is 0 Å². The molecular weight excluding hydrogens is 297 g/mol. The molecule has 1 saturated heterocycles. The van der Waals surface area contributed by atoms with E-state index in [1.807, 2.05) is 30.3 Å². The topological polar surface area (TPSA) is 82.0 Å². The second-order valence-electron chi connectivity index (χ2n) is 4.49. The molecule has 0 radical (unpaired) electrons. The summed E-state index contributed by atoms with van der Waals surface area (Å²) >= 11 is 1.37. The molecule has 7 heteroatoms. The fourth-order valence-electron chi connectivity index (χ4n) is 2.11. The summed E-state index contributed by atoms with van der Waals surface area (Å²) in [6, 6.07) is 8.81. The van der Waals surface area contributed by atoms with E-state index in [9.17, 15) is 15.3 Å². The number of ether oxygens (including phenoxy) is 1. The number of thioether (sulfide) groups is 1. The van der Waals surface area contributed by atoms with E-state index in [2.05, 4.69) is 9.24 Å². The Morgan fingerprint density at radius 3 is 2.60 bits per heavy atom. The Morgan fingerprint density at radius 1 is 1.30 bits per heavy atom. The first-order chi connectivity index (χ1) is 10.1. The van der Waals surface area contributed by atoms with E-state index < -0.39 is 29.8 Å². The molecule has 0 bridgehead atoms. The Bertz CT molecular complexity index is 443. The van der Waals surface area contributed by atoms with Crippen LogP contribution in [0.4, 0.5) is 0 Å². The first-order valence-corrected chi connectivity index (χ1v) is 8.07. The maximum atomic E-state index is 10.3. The predicted molar refractivity (Wildman–Crippen MR) is 81.6 cm³/mol. The molecule has 1 aromatic rings. The number of aliphatic hydroxyl groups is 3. The summed E-state index contributed by atoms with van der Waals surface area (Å²) < 4.78 is 13.6. The Morgan fingerprint density at radius 2 is 2.00 bits per heavy atom. The molecule has 1 aliphatic rings. The van der Waals surface area contributed by atoms with E-state index in [0.29, 0.717) is 6.29 Å². The quantitative estimate of drug-likeness (QED) is 0.573. The van der Waals surface area contributed by atoms with Crippen LogP contribution in [-0.2, 0) is 4.74 Å². The third-order valence-corrected chi connectivity index (χ3v) is 4.54. The van der Waals surface area contributed by atoms with Crippen molar-refractivity contribution in [2.24, 2.45) is 0 Å². The normalized spacial score (nSPS) is 35.0. The molecule has 0 amide bonds. The molecule has 1 aromatic carbocycles. The van der Waals surface area contributed by atoms with Gasteiger partial charge in [-0.15, -0.1) is 9.24 Å². The maximum Gasteiger partial charge on any atom is 0.126 e.